The summed E-state index contributed by atoms with van der Waals surface area (Å²) in [7, 11) is 0. The highest BCUT2D eigenvalue weighted by molar-refractivity contribution is 5.77. The Morgan fingerprint density at radius 3 is 2.41 bits per heavy atom. The Bertz CT molecular complexity index is 844. The Kier molecular flexibility index (Phi) is 7.99. The van der Waals surface area contributed by atoms with Crippen LogP contribution in [0.3, 0.4) is 0 Å². The zero-order valence-corrected chi connectivity index (χ0v) is 19.0. The zero-order chi connectivity index (χ0) is 22.2. The summed E-state index contributed by atoms with van der Waals surface area (Å²) < 4.78 is 5.34. The van der Waals surface area contributed by atoms with E-state index in [1.54, 1.807) is 6.26 Å². The second kappa shape index (κ2) is 11.3. The van der Waals surface area contributed by atoms with Crippen molar-refractivity contribution in [1.29, 1.82) is 0 Å². The molecule has 1 aromatic heterocycles. The van der Waals surface area contributed by atoms with E-state index >= 15 is 0 Å². The van der Waals surface area contributed by atoms with Crippen LogP contribution in [-0.4, -0.2) is 65.8 Å². The Hall–Kier alpha value is -2.60. The lowest BCUT2D eigenvalue weighted by Gasteiger charge is -2.36. The van der Waals surface area contributed by atoms with Gasteiger partial charge in [-0.25, -0.2) is 0 Å². The Balaban J connectivity index is 1.15. The number of hydrogen-bond acceptors (Lipinski definition) is 4. The molecule has 2 saturated heterocycles. The molecule has 6 heteroatoms. The van der Waals surface area contributed by atoms with Gasteiger partial charge in [0.1, 0.15) is 5.76 Å². The number of likely N-dealkylation sites (tertiary alicyclic amines) is 1. The summed E-state index contributed by atoms with van der Waals surface area (Å²) in [5, 5.41) is 0. The van der Waals surface area contributed by atoms with E-state index in [1.807, 2.05) is 28.0 Å². The van der Waals surface area contributed by atoms with Crippen molar-refractivity contribution in [2.75, 3.05) is 39.3 Å². The number of amides is 2. The van der Waals surface area contributed by atoms with Crippen LogP contribution in [0, 0.1) is 5.92 Å². The van der Waals surface area contributed by atoms with E-state index in [0.717, 1.165) is 70.8 Å². The molecule has 172 valence electrons. The monoisotopic (exact) mass is 437 g/mol. The first-order chi connectivity index (χ1) is 15.7. The first kappa shape index (κ1) is 22.6. The summed E-state index contributed by atoms with van der Waals surface area (Å²) in [6, 6.07) is 14.3. The van der Waals surface area contributed by atoms with E-state index in [9.17, 15) is 9.59 Å². The maximum Gasteiger partial charge on any atom is 0.223 e. The molecule has 6 nitrogen and oxygen atoms in total. The molecule has 2 aromatic rings. The second-order valence-electron chi connectivity index (χ2n) is 9.11. The molecular formula is C26H35N3O3. The number of aryl methyl sites for hydroxylation is 1. The van der Waals surface area contributed by atoms with Crippen LogP contribution in [0.4, 0.5) is 0 Å². The zero-order valence-electron chi connectivity index (χ0n) is 19.0. The molecule has 2 fully saturated rings. The fourth-order valence-corrected chi connectivity index (χ4v) is 4.85. The third kappa shape index (κ3) is 6.45. The van der Waals surface area contributed by atoms with Crippen molar-refractivity contribution in [3.05, 3.63) is 60.1 Å². The number of piperazine rings is 1. The van der Waals surface area contributed by atoms with Crippen LogP contribution < -0.4 is 0 Å². The van der Waals surface area contributed by atoms with Crippen molar-refractivity contribution in [3.8, 4) is 0 Å². The molecule has 3 heterocycles. The van der Waals surface area contributed by atoms with E-state index in [-0.39, 0.29) is 11.8 Å². The van der Waals surface area contributed by atoms with E-state index in [4.69, 9.17) is 4.42 Å². The van der Waals surface area contributed by atoms with E-state index in [1.165, 1.54) is 5.56 Å². The van der Waals surface area contributed by atoms with Crippen molar-refractivity contribution in [2.45, 2.75) is 45.1 Å². The smallest absolute Gasteiger partial charge is 0.223 e. The molecule has 1 atom stereocenters. The van der Waals surface area contributed by atoms with E-state index in [2.05, 4.69) is 29.2 Å². The number of benzene rings is 1. The number of nitrogens with zero attached hydrogens (tertiary/aromatic N) is 3. The normalized spacial score (nSPS) is 19.8. The summed E-state index contributed by atoms with van der Waals surface area (Å²) in [6.45, 7) is 6.07. The summed E-state index contributed by atoms with van der Waals surface area (Å²) >= 11 is 0. The van der Waals surface area contributed by atoms with Crippen LogP contribution in [0.25, 0.3) is 0 Å². The van der Waals surface area contributed by atoms with Gasteiger partial charge in [0.25, 0.3) is 0 Å². The summed E-state index contributed by atoms with van der Waals surface area (Å²) in [6.07, 6.45) is 6.41. The van der Waals surface area contributed by atoms with E-state index < -0.39 is 0 Å². The van der Waals surface area contributed by atoms with Crippen LogP contribution in [0.2, 0.25) is 0 Å². The number of piperidine rings is 1. The van der Waals surface area contributed by atoms with Crippen LogP contribution in [0.5, 0.6) is 0 Å². The molecule has 4 rings (SSSR count). The van der Waals surface area contributed by atoms with Gasteiger partial charge < -0.3 is 14.2 Å². The van der Waals surface area contributed by atoms with Gasteiger partial charge in [0, 0.05) is 65.1 Å². The third-order valence-corrected chi connectivity index (χ3v) is 6.78. The maximum atomic E-state index is 12.8. The lowest BCUT2D eigenvalue weighted by Crippen LogP contribution is -2.48. The quantitative estimate of drug-likeness (QED) is 0.634. The summed E-state index contributed by atoms with van der Waals surface area (Å²) in [4.78, 5) is 31.8. The topological polar surface area (TPSA) is 57.0 Å². The van der Waals surface area contributed by atoms with Crippen molar-refractivity contribution >= 4 is 11.8 Å². The molecule has 2 amide bonds. The lowest BCUT2D eigenvalue weighted by molar-refractivity contribution is -0.134. The highest BCUT2D eigenvalue weighted by atomic mass is 16.3. The van der Waals surface area contributed by atoms with Crippen molar-refractivity contribution in [1.82, 2.24) is 14.7 Å². The first-order valence-corrected chi connectivity index (χ1v) is 12.0. The molecule has 2 aliphatic heterocycles. The molecule has 0 radical (unpaired) electrons. The van der Waals surface area contributed by atoms with Gasteiger partial charge in [0.15, 0.2) is 0 Å². The number of furan rings is 1. The standard InChI is InChI=1S/C26H35N3O3/c30-25(28-17-15-27(16-18-28)20-22-6-2-1-3-7-22)12-10-23-8-4-14-29(21-23)26(31)13-11-24-9-5-19-32-24/h1-3,5-7,9,19,23H,4,8,10-18,20-21H2/t23-/m1/s1. The Morgan fingerprint density at radius 1 is 0.875 bits per heavy atom. The highest BCUT2D eigenvalue weighted by Gasteiger charge is 2.26. The van der Waals surface area contributed by atoms with Gasteiger partial charge in [-0.15, -0.1) is 0 Å². The predicted octanol–water partition coefficient (Wildman–Crippen LogP) is 3.58. The molecule has 0 aliphatic carbocycles. The maximum absolute atomic E-state index is 12.8. The summed E-state index contributed by atoms with van der Waals surface area (Å²) in [5.41, 5.74) is 1.33. The minimum atomic E-state index is 0.201. The molecule has 2 aliphatic rings. The van der Waals surface area contributed by atoms with Crippen molar-refractivity contribution in [2.24, 2.45) is 5.92 Å². The number of rotatable bonds is 8. The SMILES string of the molecule is O=C(CC[C@H]1CCCN(C(=O)CCc2ccco2)C1)N1CCN(Cc2ccccc2)CC1. The van der Waals surface area contributed by atoms with Gasteiger partial charge in [0.05, 0.1) is 6.26 Å². The second-order valence-corrected chi connectivity index (χ2v) is 9.11. The van der Waals surface area contributed by atoms with E-state index in [0.29, 0.717) is 25.2 Å². The molecule has 0 bridgehead atoms. The fraction of sp³-hybridized carbons (Fsp3) is 0.538. The Labute approximate surface area is 191 Å². The van der Waals surface area contributed by atoms with Gasteiger partial charge in [-0.1, -0.05) is 30.3 Å². The van der Waals surface area contributed by atoms with Gasteiger partial charge in [-0.05, 0) is 42.9 Å². The summed E-state index contributed by atoms with van der Waals surface area (Å²) in [5.74, 6) is 1.76. The van der Waals surface area contributed by atoms with Crippen LogP contribution in [0.15, 0.2) is 53.1 Å². The number of hydrogen-bond donors (Lipinski definition) is 0. The lowest BCUT2D eigenvalue weighted by atomic mass is 9.92. The van der Waals surface area contributed by atoms with Crippen LogP contribution in [0.1, 0.15) is 43.4 Å². The highest BCUT2D eigenvalue weighted by Crippen LogP contribution is 2.23. The van der Waals surface area contributed by atoms with Crippen molar-refractivity contribution in [3.63, 3.8) is 0 Å². The average molecular weight is 438 g/mol. The fourth-order valence-electron chi connectivity index (χ4n) is 4.85. The largest absolute Gasteiger partial charge is 0.469 e. The molecular weight excluding hydrogens is 402 g/mol. The molecule has 0 spiro atoms. The molecule has 32 heavy (non-hydrogen) atoms. The Morgan fingerprint density at radius 2 is 1.66 bits per heavy atom. The predicted molar refractivity (Wildman–Crippen MR) is 124 cm³/mol. The average Bonchev–Trinajstić information content (AvgIpc) is 3.36. The number of carbonyl (C=O) groups excluding carboxylic acids is 2. The molecule has 0 unspecified atom stereocenters. The van der Waals surface area contributed by atoms with Gasteiger partial charge in [-0.3, -0.25) is 14.5 Å². The van der Waals surface area contributed by atoms with Gasteiger partial charge in [0.2, 0.25) is 11.8 Å². The number of carbonyl (C=O) groups is 2. The van der Waals surface area contributed by atoms with Crippen molar-refractivity contribution < 1.29 is 14.0 Å². The van der Waals surface area contributed by atoms with Gasteiger partial charge >= 0.3 is 0 Å². The van der Waals surface area contributed by atoms with Crippen LogP contribution >= 0.6 is 0 Å². The third-order valence-electron chi connectivity index (χ3n) is 6.78. The minimum Gasteiger partial charge on any atom is -0.469 e. The van der Waals surface area contributed by atoms with Gasteiger partial charge in [-0.2, -0.15) is 0 Å². The molecule has 0 saturated carbocycles. The minimum absolute atomic E-state index is 0.201. The molecule has 0 N–H and O–H groups in total. The molecule has 1 aromatic carbocycles. The van der Waals surface area contributed by atoms with Crippen LogP contribution in [-0.2, 0) is 22.6 Å². The first-order valence-electron chi connectivity index (χ1n) is 12.0.